The van der Waals surface area contributed by atoms with Crippen LogP contribution in [0.5, 0.6) is 0 Å². The van der Waals surface area contributed by atoms with E-state index in [1.165, 1.54) is 0 Å². The largest absolute Gasteiger partial charge is 0.478 e. The number of allylic oxidation sites excluding steroid dienone is 1. The predicted molar refractivity (Wildman–Crippen MR) is 56.9 cm³/mol. The van der Waals surface area contributed by atoms with E-state index >= 15 is 0 Å². The van der Waals surface area contributed by atoms with Crippen LogP contribution in [0.1, 0.15) is 18.1 Å². The van der Waals surface area contributed by atoms with E-state index in [0.29, 0.717) is 11.3 Å². The Morgan fingerprint density at radius 2 is 2.14 bits per heavy atom. The Hall–Kier alpha value is -1.77. The Morgan fingerprint density at radius 1 is 1.50 bits per heavy atom. The van der Waals surface area contributed by atoms with Crippen LogP contribution in [-0.2, 0) is 4.79 Å². The number of benzene rings is 1. The summed E-state index contributed by atoms with van der Waals surface area (Å²) < 4.78 is 0. The first-order chi connectivity index (χ1) is 6.56. The molecule has 0 aromatic heterocycles. The molecule has 0 amide bonds. The molecule has 0 bridgehead atoms. The Kier molecular flexibility index (Phi) is 2.92. The van der Waals surface area contributed by atoms with Gasteiger partial charge >= 0.3 is 5.97 Å². The van der Waals surface area contributed by atoms with Crippen LogP contribution in [0.3, 0.4) is 0 Å². The molecule has 0 radical (unpaired) electrons. The fraction of sp³-hybridized carbons (Fsp3) is 0.182. The van der Waals surface area contributed by atoms with Crippen molar-refractivity contribution in [1.29, 1.82) is 0 Å². The van der Waals surface area contributed by atoms with Gasteiger partial charge in [0.1, 0.15) is 0 Å². The van der Waals surface area contributed by atoms with Gasteiger partial charge in [0.2, 0.25) is 0 Å². The topological polar surface area (TPSA) is 63.3 Å². The molecular formula is C11H13NO2. The number of carbonyl (C=O) groups is 1. The summed E-state index contributed by atoms with van der Waals surface area (Å²) in [5.74, 6) is -0.956. The number of hydrogen-bond donors (Lipinski definition) is 2. The molecule has 1 rings (SSSR count). The van der Waals surface area contributed by atoms with Gasteiger partial charge < -0.3 is 10.8 Å². The van der Waals surface area contributed by atoms with Crippen LogP contribution in [-0.4, -0.2) is 11.1 Å². The smallest absolute Gasteiger partial charge is 0.336 e. The highest BCUT2D eigenvalue weighted by molar-refractivity contribution is 6.16. The summed E-state index contributed by atoms with van der Waals surface area (Å²) in [6.07, 6.45) is 1.54. The van der Waals surface area contributed by atoms with Crippen molar-refractivity contribution in [3.05, 3.63) is 35.4 Å². The van der Waals surface area contributed by atoms with Crippen LogP contribution >= 0.6 is 0 Å². The molecule has 1 aromatic carbocycles. The second kappa shape index (κ2) is 3.96. The molecule has 3 nitrogen and oxygen atoms in total. The Morgan fingerprint density at radius 3 is 2.57 bits per heavy atom. The number of rotatable bonds is 2. The zero-order chi connectivity index (χ0) is 10.7. The van der Waals surface area contributed by atoms with Gasteiger partial charge in [0, 0.05) is 11.3 Å². The second-order valence-electron chi connectivity index (χ2n) is 3.10. The van der Waals surface area contributed by atoms with E-state index in [0.717, 1.165) is 5.56 Å². The summed E-state index contributed by atoms with van der Waals surface area (Å²) in [7, 11) is 0. The van der Waals surface area contributed by atoms with E-state index in [9.17, 15) is 4.79 Å². The van der Waals surface area contributed by atoms with Gasteiger partial charge in [-0.15, -0.1) is 0 Å². The van der Waals surface area contributed by atoms with Gasteiger partial charge in [-0.25, -0.2) is 4.79 Å². The predicted octanol–water partition coefficient (Wildman–Crippen LogP) is 2.07. The van der Waals surface area contributed by atoms with E-state index in [-0.39, 0.29) is 5.57 Å². The lowest BCUT2D eigenvalue weighted by atomic mass is 10.0. The number of carboxylic acids is 1. The van der Waals surface area contributed by atoms with Gasteiger partial charge in [-0.2, -0.15) is 0 Å². The molecule has 3 heteroatoms. The number of anilines is 1. The van der Waals surface area contributed by atoms with Crippen LogP contribution in [0.15, 0.2) is 24.3 Å². The Bertz CT molecular complexity index is 394. The first-order valence-corrected chi connectivity index (χ1v) is 4.32. The summed E-state index contributed by atoms with van der Waals surface area (Å²) in [6.45, 7) is 3.60. The SMILES string of the molecule is C/C=C(/C(=O)O)c1ccc(C)cc1N. The third-order valence-corrected chi connectivity index (χ3v) is 2.02. The average Bonchev–Trinajstić information content (AvgIpc) is 2.09. The number of nitrogen functional groups attached to an aromatic ring is 1. The van der Waals surface area contributed by atoms with Crippen LogP contribution in [0.25, 0.3) is 5.57 Å². The zero-order valence-electron chi connectivity index (χ0n) is 8.24. The summed E-state index contributed by atoms with van der Waals surface area (Å²) in [5, 5.41) is 8.90. The lowest BCUT2D eigenvalue weighted by Crippen LogP contribution is -2.02. The molecule has 0 spiro atoms. The van der Waals surface area contributed by atoms with Crippen molar-refractivity contribution in [1.82, 2.24) is 0 Å². The van der Waals surface area contributed by atoms with Crippen molar-refractivity contribution in [2.24, 2.45) is 0 Å². The monoisotopic (exact) mass is 191 g/mol. The molecule has 0 aliphatic carbocycles. The lowest BCUT2D eigenvalue weighted by molar-refractivity contribution is -0.130. The van der Waals surface area contributed by atoms with Crippen LogP contribution < -0.4 is 5.73 Å². The summed E-state index contributed by atoms with van der Waals surface area (Å²) in [6, 6.07) is 5.34. The van der Waals surface area contributed by atoms with Gasteiger partial charge in [0.25, 0.3) is 0 Å². The Balaban J connectivity index is 3.25. The molecule has 0 fully saturated rings. The number of aliphatic carboxylic acids is 1. The molecular weight excluding hydrogens is 178 g/mol. The van der Waals surface area contributed by atoms with Crippen LogP contribution in [0.2, 0.25) is 0 Å². The molecule has 1 aromatic rings. The second-order valence-corrected chi connectivity index (χ2v) is 3.10. The maximum atomic E-state index is 10.8. The normalized spacial score (nSPS) is 11.4. The van der Waals surface area contributed by atoms with E-state index in [1.807, 2.05) is 13.0 Å². The van der Waals surface area contributed by atoms with Crippen molar-refractivity contribution in [2.45, 2.75) is 13.8 Å². The highest BCUT2D eigenvalue weighted by Gasteiger charge is 2.11. The highest BCUT2D eigenvalue weighted by Crippen LogP contribution is 2.22. The van der Waals surface area contributed by atoms with Crippen molar-refractivity contribution in [2.75, 3.05) is 5.73 Å². The molecule has 0 saturated carbocycles. The van der Waals surface area contributed by atoms with E-state index in [4.69, 9.17) is 10.8 Å². The first kappa shape index (κ1) is 10.3. The van der Waals surface area contributed by atoms with Crippen molar-refractivity contribution >= 4 is 17.2 Å². The van der Waals surface area contributed by atoms with Gasteiger partial charge in [-0.3, -0.25) is 0 Å². The van der Waals surface area contributed by atoms with Crippen molar-refractivity contribution in [3.63, 3.8) is 0 Å². The third kappa shape index (κ3) is 1.93. The minimum Gasteiger partial charge on any atom is -0.478 e. The number of hydrogen-bond acceptors (Lipinski definition) is 2. The standard InChI is InChI=1S/C11H13NO2/c1-3-8(11(13)14)9-5-4-7(2)6-10(9)12/h3-6H,12H2,1-2H3,(H,13,14)/b8-3+. The minimum absolute atomic E-state index is 0.238. The van der Waals surface area contributed by atoms with Crippen LogP contribution in [0, 0.1) is 6.92 Å². The maximum absolute atomic E-state index is 10.8. The van der Waals surface area contributed by atoms with E-state index in [2.05, 4.69) is 0 Å². The zero-order valence-corrected chi connectivity index (χ0v) is 8.24. The van der Waals surface area contributed by atoms with Gasteiger partial charge in [0.05, 0.1) is 5.57 Å². The fourth-order valence-electron chi connectivity index (χ4n) is 1.32. The quantitative estimate of drug-likeness (QED) is 0.555. The molecule has 3 N–H and O–H groups in total. The van der Waals surface area contributed by atoms with Gasteiger partial charge in [-0.1, -0.05) is 18.2 Å². The van der Waals surface area contributed by atoms with Gasteiger partial charge in [-0.05, 0) is 25.5 Å². The summed E-state index contributed by atoms with van der Waals surface area (Å²) in [5.41, 5.74) is 8.07. The lowest BCUT2D eigenvalue weighted by Gasteiger charge is -2.06. The molecule has 0 heterocycles. The maximum Gasteiger partial charge on any atom is 0.336 e. The Labute approximate surface area is 82.9 Å². The number of aryl methyl sites for hydroxylation is 1. The first-order valence-electron chi connectivity index (χ1n) is 4.32. The molecule has 74 valence electrons. The summed E-state index contributed by atoms with van der Waals surface area (Å²) >= 11 is 0. The third-order valence-electron chi connectivity index (χ3n) is 2.02. The van der Waals surface area contributed by atoms with Crippen molar-refractivity contribution < 1.29 is 9.90 Å². The molecule has 14 heavy (non-hydrogen) atoms. The molecule has 0 atom stereocenters. The highest BCUT2D eigenvalue weighted by atomic mass is 16.4. The van der Waals surface area contributed by atoms with Crippen molar-refractivity contribution in [3.8, 4) is 0 Å². The van der Waals surface area contributed by atoms with E-state index < -0.39 is 5.97 Å². The van der Waals surface area contributed by atoms with Gasteiger partial charge in [0.15, 0.2) is 0 Å². The van der Waals surface area contributed by atoms with E-state index in [1.54, 1.807) is 25.1 Å². The molecule has 0 unspecified atom stereocenters. The molecule has 0 aliphatic rings. The minimum atomic E-state index is -0.956. The number of nitrogens with two attached hydrogens (primary N) is 1. The number of carboxylic acid groups (broad SMARTS) is 1. The van der Waals surface area contributed by atoms with Crippen LogP contribution in [0.4, 0.5) is 5.69 Å². The molecule has 0 aliphatic heterocycles. The summed E-state index contributed by atoms with van der Waals surface area (Å²) in [4.78, 5) is 10.8. The fourth-order valence-corrected chi connectivity index (χ4v) is 1.32. The average molecular weight is 191 g/mol. The molecule has 0 saturated heterocycles.